The lowest BCUT2D eigenvalue weighted by Gasteiger charge is -2.09. The Balaban J connectivity index is 1.90. The number of halogens is 3. The first-order valence-electron chi connectivity index (χ1n) is 7.32. The predicted molar refractivity (Wildman–Crippen MR) is 85.5 cm³/mol. The Morgan fingerprint density at radius 3 is 1.80 bits per heavy atom. The summed E-state index contributed by atoms with van der Waals surface area (Å²) in [6.07, 6.45) is -4.38. The first kappa shape index (κ1) is 18.3. The van der Waals surface area contributed by atoms with E-state index >= 15 is 0 Å². The van der Waals surface area contributed by atoms with Crippen LogP contribution in [-0.4, -0.2) is 11.9 Å². The molecule has 2 rings (SSSR count). The van der Waals surface area contributed by atoms with Crippen LogP contribution in [0, 0.1) is 0 Å². The lowest BCUT2D eigenvalue weighted by Crippen LogP contribution is -2.28. The molecule has 0 heterocycles. The highest BCUT2D eigenvalue weighted by Crippen LogP contribution is 2.29. The van der Waals surface area contributed by atoms with Gasteiger partial charge in [0.25, 0.3) is 5.91 Å². The average molecular weight is 351 g/mol. The van der Waals surface area contributed by atoms with Gasteiger partial charge in [-0.1, -0.05) is 24.3 Å². The fourth-order valence-electron chi connectivity index (χ4n) is 2.06. The molecular formula is C17H16F3N3O2. The molecule has 132 valence electrons. The number of rotatable bonds is 5. The minimum Gasteiger partial charge on any atom is -0.352 e. The lowest BCUT2D eigenvalue weighted by molar-refractivity contribution is -0.137. The predicted octanol–water partition coefficient (Wildman–Crippen LogP) is 2.80. The van der Waals surface area contributed by atoms with E-state index in [-0.39, 0.29) is 19.0 Å². The molecule has 0 saturated carbocycles. The Bertz CT molecular complexity index is 741. The summed E-state index contributed by atoms with van der Waals surface area (Å²) in [5, 5.41) is 5.06. The van der Waals surface area contributed by atoms with Gasteiger partial charge in [0, 0.05) is 18.7 Å². The van der Waals surface area contributed by atoms with E-state index in [0.717, 1.165) is 17.7 Å². The van der Waals surface area contributed by atoms with E-state index in [0.29, 0.717) is 11.1 Å². The molecule has 2 aromatic rings. The number of carbonyl (C=O) groups is 2. The Morgan fingerprint density at radius 1 is 0.840 bits per heavy atom. The fraction of sp³-hybridized carbons (Fsp3) is 0.176. The molecule has 0 atom stereocenters. The maximum Gasteiger partial charge on any atom is 0.416 e. The number of hydrogen-bond donors (Lipinski definition) is 3. The smallest absolute Gasteiger partial charge is 0.352 e. The van der Waals surface area contributed by atoms with E-state index in [1.54, 1.807) is 24.3 Å². The number of urea groups is 1. The van der Waals surface area contributed by atoms with Crippen molar-refractivity contribution in [2.75, 3.05) is 0 Å². The van der Waals surface area contributed by atoms with Crippen LogP contribution in [0.3, 0.4) is 0 Å². The second-order valence-corrected chi connectivity index (χ2v) is 5.29. The van der Waals surface area contributed by atoms with Crippen LogP contribution < -0.4 is 16.4 Å². The number of nitrogens with one attached hydrogen (secondary N) is 2. The van der Waals surface area contributed by atoms with Crippen molar-refractivity contribution < 1.29 is 22.8 Å². The molecular weight excluding hydrogens is 335 g/mol. The summed E-state index contributed by atoms with van der Waals surface area (Å²) < 4.78 is 37.5. The second kappa shape index (κ2) is 7.69. The van der Waals surface area contributed by atoms with E-state index in [1.165, 1.54) is 12.1 Å². The van der Waals surface area contributed by atoms with Crippen LogP contribution in [-0.2, 0) is 19.3 Å². The van der Waals surface area contributed by atoms with E-state index < -0.39 is 17.8 Å². The van der Waals surface area contributed by atoms with E-state index in [9.17, 15) is 22.8 Å². The number of amides is 3. The summed E-state index contributed by atoms with van der Waals surface area (Å²) in [5.41, 5.74) is 5.97. The number of benzene rings is 2. The number of alkyl halides is 3. The van der Waals surface area contributed by atoms with Crippen LogP contribution in [0.25, 0.3) is 0 Å². The van der Waals surface area contributed by atoms with Crippen molar-refractivity contribution >= 4 is 11.9 Å². The van der Waals surface area contributed by atoms with Gasteiger partial charge in [-0.15, -0.1) is 0 Å². The van der Waals surface area contributed by atoms with Crippen molar-refractivity contribution in [2.24, 2.45) is 5.73 Å². The van der Waals surface area contributed by atoms with Gasteiger partial charge in [-0.2, -0.15) is 13.2 Å². The van der Waals surface area contributed by atoms with Gasteiger partial charge in [0.2, 0.25) is 0 Å². The SMILES string of the molecule is NC(=O)NCc1ccc(C(=O)NCc2ccc(C(F)(F)F)cc2)cc1. The van der Waals surface area contributed by atoms with Gasteiger partial charge in [-0.3, -0.25) is 4.79 Å². The normalized spacial score (nSPS) is 11.0. The van der Waals surface area contributed by atoms with Gasteiger partial charge in [-0.05, 0) is 35.4 Å². The monoisotopic (exact) mass is 351 g/mol. The summed E-state index contributed by atoms with van der Waals surface area (Å²) in [5.74, 6) is -0.352. The van der Waals surface area contributed by atoms with Crippen molar-refractivity contribution in [2.45, 2.75) is 19.3 Å². The fourth-order valence-corrected chi connectivity index (χ4v) is 2.06. The quantitative estimate of drug-likeness (QED) is 0.774. The van der Waals surface area contributed by atoms with E-state index in [1.807, 2.05) is 0 Å². The number of carbonyl (C=O) groups excluding carboxylic acids is 2. The van der Waals surface area contributed by atoms with E-state index in [2.05, 4.69) is 10.6 Å². The molecule has 0 aromatic heterocycles. The highest BCUT2D eigenvalue weighted by atomic mass is 19.4. The summed E-state index contributed by atoms with van der Waals surface area (Å²) in [7, 11) is 0. The maximum absolute atomic E-state index is 12.5. The van der Waals surface area contributed by atoms with Crippen molar-refractivity contribution in [3.05, 3.63) is 70.8 Å². The second-order valence-electron chi connectivity index (χ2n) is 5.29. The van der Waals surface area contributed by atoms with Gasteiger partial charge >= 0.3 is 12.2 Å². The molecule has 0 aliphatic carbocycles. The molecule has 8 heteroatoms. The van der Waals surface area contributed by atoms with Crippen LogP contribution >= 0.6 is 0 Å². The molecule has 0 aliphatic heterocycles. The summed E-state index contributed by atoms with van der Waals surface area (Å²) in [6, 6.07) is 10.5. The van der Waals surface area contributed by atoms with Crippen LogP contribution in [0.2, 0.25) is 0 Å². The minimum atomic E-state index is -4.38. The minimum absolute atomic E-state index is 0.113. The van der Waals surface area contributed by atoms with Gasteiger partial charge in [0.05, 0.1) is 5.56 Å². The van der Waals surface area contributed by atoms with Gasteiger partial charge in [-0.25, -0.2) is 4.79 Å². The lowest BCUT2D eigenvalue weighted by atomic mass is 10.1. The molecule has 5 nitrogen and oxygen atoms in total. The number of primary amides is 1. The highest BCUT2D eigenvalue weighted by molar-refractivity contribution is 5.94. The molecule has 3 amide bonds. The summed E-state index contributed by atoms with van der Waals surface area (Å²) in [6.45, 7) is 0.366. The molecule has 0 saturated heterocycles. The topological polar surface area (TPSA) is 84.2 Å². The maximum atomic E-state index is 12.5. The Morgan fingerprint density at radius 2 is 1.32 bits per heavy atom. The van der Waals surface area contributed by atoms with Gasteiger partial charge in [0.15, 0.2) is 0 Å². The molecule has 2 aromatic carbocycles. The standard InChI is InChI=1S/C17H16F3N3O2/c18-17(19,20)14-7-3-12(4-8-14)9-22-15(24)13-5-1-11(2-6-13)10-23-16(21)25/h1-8H,9-10H2,(H,22,24)(H3,21,23,25). The summed E-state index contributed by atoms with van der Waals surface area (Å²) >= 11 is 0. The molecule has 0 spiro atoms. The molecule has 25 heavy (non-hydrogen) atoms. The summed E-state index contributed by atoms with van der Waals surface area (Å²) in [4.78, 5) is 22.7. The Kier molecular flexibility index (Phi) is 5.63. The molecule has 0 radical (unpaired) electrons. The zero-order valence-corrected chi connectivity index (χ0v) is 13.1. The average Bonchev–Trinajstić information content (AvgIpc) is 2.58. The van der Waals surface area contributed by atoms with E-state index in [4.69, 9.17) is 5.73 Å². The van der Waals surface area contributed by atoms with Crippen molar-refractivity contribution in [1.29, 1.82) is 0 Å². The third kappa shape index (κ3) is 5.52. The first-order valence-corrected chi connectivity index (χ1v) is 7.32. The number of hydrogen-bond acceptors (Lipinski definition) is 2. The largest absolute Gasteiger partial charge is 0.416 e. The van der Waals surface area contributed by atoms with Gasteiger partial charge in [0.1, 0.15) is 0 Å². The third-order valence-electron chi connectivity index (χ3n) is 3.42. The molecule has 0 aliphatic rings. The molecule has 0 bridgehead atoms. The van der Waals surface area contributed by atoms with Crippen molar-refractivity contribution in [3.8, 4) is 0 Å². The highest BCUT2D eigenvalue weighted by Gasteiger charge is 2.29. The Hall–Kier alpha value is -3.03. The van der Waals surface area contributed by atoms with Crippen LogP contribution in [0.4, 0.5) is 18.0 Å². The van der Waals surface area contributed by atoms with Crippen molar-refractivity contribution in [3.63, 3.8) is 0 Å². The van der Waals surface area contributed by atoms with Crippen LogP contribution in [0.15, 0.2) is 48.5 Å². The number of nitrogens with two attached hydrogens (primary N) is 1. The third-order valence-corrected chi connectivity index (χ3v) is 3.42. The van der Waals surface area contributed by atoms with Crippen molar-refractivity contribution in [1.82, 2.24) is 10.6 Å². The molecule has 0 unspecified atom stereocenters. The van der Waals surface area contributed by atoms with Crippen LogP contribution in [0.1, 0.15) is 27.0 Å². The van der Waals surface area contributed by atoms with Gasteiger partial charge < -0.3 is 16.4 Å². The molecule has 0 fully saturated rings. The zero-order chi connectivity index (χ0) is 18.4. The zero-order valence-electron chi connectivity index (χ0n) is 13.1. The molecule has 4 N–H and O–H groups in total. The Labute approximate surface area is 142 Å². The first-order chi connectivity index (χ1) is 11.8. The van der Waals surface area contributed by atoms with Crippen LogP contribution in [0.5, 0.6) is 0 Å².